The van der Waals surface area contributed by atoms with Crippen LogP contribution < -0.4 is 5.32 Å². The lowest BCUT2D eigenvalue weighted by Gasteiger charge is -2.15. The Bertz CT molecular complexity index is 128. The molecule has 0 unspecified atom stereocenters. The van der Waals surface area contributed by atoms with E-state index in [1.807, 2.05) is 0 Å². The number of nitrogens with one attached hydrogen (secondary N) is 1. The average molecular weight is 153 g/mol. The Labute approximate surface area is 69.9 Å². The standard InChI is InChI=1S/C10H19N/c1-9(2)3-4-10-5-7-11-8-6-10/h4,9,11H,3,5-8H2,1-2H3. The number of hydrogen-bond acceptors (Lipinski definition) is 1. The van der Waals surface area contributed by atoms with Gasteiger partial charge in [0.1, 0.15) is 0 Å². The highest BCUT2D eigenvalue weighted by molar-refractivity contribution is 5.05. The minimum absolute atomic E-state index is 0.817. The van der Waals surface area contributed by atoms with Crippen molar-refractivity contribution in [2.24, 2.45) is 5.92 Å². The molecule has 0 amide bonds. The van der Waals surface area contributed by atoms with Crippen molar-refractivity contribution in [2.75, 3.05) is 13.1 Å². The van der Waals surface area contributed by atoms with Gasteiger partial charge in [-0.05, 0) is 38.3 Å². The van der Waals surface area contributed by atoms with E-state index in [-0.39, 0.29) is 0 Å². The van der Waals surface area contributed by atoms with Gasteiger partial charge in [0.05, 0.1) is 0 Å². The lowest BCUT2D eigenvalue weighted by Crippen LogP contribution is -2.23. The number of hydrogen-bond donors (Lipinski definition) is 1. The fourth-order valence-corrected chi connectivity index (χ4v) is 1.35. The van der Waals surface area contributed by atoms with Gasteiger partial charge in [-0.1, -0.05) is 25.5 Å². The lowest BCUT2D eigenvalue weighted by atomic mass is 10.0. The largest absolute Gasteiger partial charge is 0.316 e. The summed E-state index contributed by atoms with van der Waals surface area (Å²) in [5, 5.41) is 3.36. The van der Waals surface area contributed by atoms with Crippen molar-refractivity contribution in [1.82, 2.24) is 5.32 Å². The van der Waals surface area contributed by atoms with Crippen LogP contribution in [-0.4, -0.2) is 13.1 Å². The van der Waals surface area contributed by atoms with E-state index < -0.39 is 0 Å². The fourth-order valence-electron chi connectivity index (χ4n) is 1.35. The number of allylic oxidation sites excluding steroid dienone is 1. The van der Waals surface area contributed by atoms with Gasteiger partial charge in [0.15, 0.2) is 0 Å². The second-order valence-electron chi connectivity index (χ2n) is 3.74. The van der Waals surface area contributed by atoms with Gasteiger partial charge in [0.25, 0.3) is 0 Å². The molecular formula is C10H19N. The molecule has 11 heavy (non-hydrogen) atoms. The Hall–Kier alpha value is -0.300. The third kappa shape index (κ3) is 3.57. The van der Waals surface area contributed by atoms with Crippen molar-refractivity contribution in [1.29, 1.82) is 0 Å². The first-order chi connectivity index (χ1) is 5.29. The Morgan fingerprint density at radius 2 is 2.00 bits per heavy atom. The maximum absolute atomic E-state index is 3.36. The molecule has 1 fully saturated rings. The molecule has 0 aromatic heterocycles. The van der Waals surface area contributed by atoms with Gasteiger partial charge in [-0.2, -0.15) is 0 Å². The molecule has 0 saturated carbocycles. The first-order valence-corrected chi connectivity index (χ1v) is 4.67. The smallest absolute Gasteiger partial charge is 0.00115 e. The predicted molar refractivity (Wildman–Crippen MR) is 49.6 cm³/mol. The molecule has 0 spiro atoms. The van der Waals surface area contributed by atoms with E-state index in [2.05, 4.69) is 25.2 Å². The quantitative estimate of drug-likeness (QED) is 0.600. The van der Waals surface area contributed by atoms with Crippen molar-refractivity contribution in [2.45, 2.75) is 33.1 Å². The molecule has 1 N–H and O–H groups in total. The Morgan fingerprint density at radius 3 is 2.55 bits per heavy atom. The van der Waals surface area contributed by atoms with Crippen LogP contribution in [0.5, 0.6) is 0 Å². The monoisotopic (exact) mass is 153 g/mol. The topological polar surface area (TPSA) is 12.0 Å². The van der Waals surface area contributed by atoms with Crippen LogP contribution in [0.4, 0.5) is 0 Å². The molecule has 0 radical (unpaired) electrons. The molecular weight excluding hydrogens is 134 g/mol. The van der Waals surface area contributed by atoms with Crippen molar-refractivity contribution >= 4 is 0 Å². The summed E-state index contributed by atoms with van der Waals surface area (Å²) in [6.45, 7) is 6.92. The molecule has 64 valence electrons. The maximum Gasteiger partial charge on any atom is -0.00115 e. The second-order valence-corrected chi connectivity index (χ2v) is 3.74. The predicted octanol–water partition coefficient (Wildman–Crippen LogP) is 2.34. The van der Waals surface area contributed by atoms with Crippen molar-refractivity contribution in [3.8, 4) is 0 Å². The minimum atomic E-state index is 0.817. The number of rotatable bonds is 2. The summed E-state index contributed by atoms with van der Waals surface area (Å²) in [6, 6.07) is 0. The molecule has 0 bridgehead atoms. The molecule has 1 nitrogen and oxygen atoms in total. The van der Waals surface area contributed by atoms with E-state index in [0.717, 1.165) is 5.92 Å². The van der Waals surface area contributed by atoms with Crippen LogP contribution in [0, 0.1) is 5.92 Å². The van der Waals surface area contributed by atoms with E-state index in [4.69, 9.17) is 0 Å². The summed E-state index contributed by atoms with van der Waals surface area (Å²) in [4.78, 5) is 0. The molecule has 1 heteroatoms. The van der Waals surface area contributed by atoms with Crippen LogP contribution in [0.3, 0.4) is 0 Å². The zero-order valence-corrected chi connectivity index (χ0v) is 7.69. The number of piperidine rings is 1. The fraction of sp³-hybridized carbons (Fsp3) is 0.800. The van der Waals surface area contributed by atoms with E-state index in [1.165, 1.54) is 32.4 Å². The summed E-state index contributed by atoms with van der Waals surface area (Å²) in [7, 11) is 0. The molecule has 0 aromatic rings. The van der Waals surface area contributed by atoms with Crippen molar-refractivity contribution in [3.63, 3.8) is 0 Å². The van der Waals surface area contributed by atoms with Gasteiger partial charge >= 0.3 is 0 Å². The summed E-state index contributed by atoms with van der Waals surface area (Å²) in [5.41, 5.74) is 1.66. The molecule has 0 aromatic carbocycles. The van der Waals surface area contributed by atoms with Gasteiger partial charge in [-0.3, -0.25) is 0 Å². The first kappa shape index (κ1) is 8.79. The van der Waals surface area contributed by atoms with E-state index in [9.17, 15) is 0 Å². The van der Waals surface area contributed by atoms with Crippen LogP contribution in [-0.2, 0) is 0 Å². The molecule has 0 atom stereocenters. The van der Waals surface area contributed by atoms with Crippen LogP contribution >= 0.6 is 0 Å². The third-order valence-corrected chi connectivity index (χ3v) is 2.12. The molecule has 1 aliphatic heterocycles. The highest BCUT2D eigenvalue weighted by Gasteiger charge is 2.03. The van der Waals surface area contributed by atoms with Gasteiger partial charge < -0.3 is 5.32 Å². The lowest BCUT2D eigenvalue weighted by molar-refractivity contribution is 0.596. The molecule has 0 aliphatic carbocycles. The van der Waals surface area contributed by atoms with Crippen molar-refractivity contribution in [3.05, 3.63) is 11.6 Å². The zero-order valence-electron chi connectivity index (χ0n) is 7.69. The third-order valence-electron chi connectivity index (χ3n) is 2.12. The van der Waals surface area contributed by atoms with Gasteiger partial charge in [0.2, 0.25) is 0 Å². The SMILES string of the molecule is CC(C)CC=C1CCNCC1. The van der Waals surface area contributed by atoms with Gasteiger partial charge in [0, 0.05) is 0 Å². The highest BCUT2D eigenvalue weighted by Crippen LogP contribution is 2.12. The first-order valence-electron chi connectivity index (χ1n) is 4.67. The van der Waals surface area contributed by atoms with Crippen LogP contribution in [0.25, 0.3) is 0 Å². The molecule has 1 rings (SSSR count). The summed E-state index contributed by atoms with van der Waals surface area (Å²) < 4.78 is 0. The van der Waals surface area contributed by atoms with E-state index in [0.29, 0.717) is 0 Å². The van der Waals surface area contributed by atoms with Crippen LogP contribution in [0.1, 0.15) is 33.1 Å². The van der Waals surface area contributed by atoms with E-state index >= 15 is 0 Å². The van der Waals surface area contributed by atoms with Crippen molar-refractivity contribution < 1.29 is 0 Å². The Kier molecular flexibility index (Phi) is 3.64. The average Bonchev–Trinajstić information content (AvgIpc) is 2.03. The maximum atomic E-state index is 3.36. The van der Waals surface area contributed by atoms with Gasteiger partial charge in [-0.15, -0.1) is 0 Å². The van der Waals surface area contributed by atoms with Crippen LogP contribution in [0.2, 0.25) is 0 Å². The molecule has 1 heterocycles. The zero-order chi connectivity index (χ0) is 8.10. The van der Waals surface area contributed by atoms with E-state index in [1.54, 1.807) is 5.57 Å². The second kappa shape index (κ2) is 4.55. The summed E-state index contributed by atoms with van der Waals surface area (Å²) in [6.07, 6.45) is 6.24. The normalized spacial score (nSPS) is 19.0. The van der Waals surface area contributed by atoms with Gasteiger partial charge in [-0.25, -0.2) is 0 Å². The van der Waals surface area contributed by atoms with Crippen LogP contribution in [0.15, 0.2) is 11.6 Å². The minimum Gasteiger partial charge on any atom is -0.316 e. The molecule has 1 aliphatic rings. The Balaban J connectivity index is 2.26. The summed E-state index contributed by atoms with van der Waals surface area (Å²) >= 11 is 0. The summed E-state index contributed by atoms with van der Waals surface area (Å²) in [5.74, 6) is 0.817. The highest BCUT2D eigenvalue weighted by atomic mass is 14.9. The molecule has 1 saturated heterocycles. The Morgan fingerprint density at radius 1 is 1.36 bits per heavy atom.